The van der Waals surface area contributed by atoms with E-state index in [2.05, 4.69) is 10.6 Å². The van der Waals surface area contributed by atoms with E-state index in [0.29, 0.717) is 13.1 Å². The minimum absolute atomic E-state index is 0.0316. The number of hydrogen-bond acceptors (Lipinski definition) is 4. The molecule has 0 aliphatic rings. The molecule has 140 valence electrons. The van der Waals surface area contributed by atoms with Gasteiger partial charge in [-0.2, -0.15) is 0 Å². The van der Waals surface area contributed by atoms with Crippen LogP contribution in [-0.4, -0.2) is 18.5 Å². The number of carbonyl (C=O) groups is 2. The van der Waals surface area contributed by atoms with Gasteiger partial charge in [0.2, 0.25) is 0 Å². The maximum absolute atomic E-state index is 13.6. The Morgan fingerprint density at radius 1 is 0.926 bits per heavy atom. The molecule has 2 heterocycles. The highest BCUT2D eigenvalue weighted by molar-refractivity contribution is 7.10. The van der Waals surface area contributed by atoms with Crippen molar-refractivity contribution in [2.75, 3.05) is 11.9 Å². The summed E-state index contributed by atoms with van der Waals surface area (Å²) in [7, 11) is 0. The lowest BCUT2D eigenvalue weighted by atomic mass is 10.3. The van der Waals surface area contributed by atoms with Gasteiger partial charge in [0, 0.05) is 0 Å². The van der Waals surface area contributed by atoms with Crippen LogP contribution in [0.5, 0.6) is 0 Å². The highest BCUT2D eigenvalue weighted by atomic mass is 32.1. The molecule has 3 amide bonds. The summed E-state index contributed by atoms with van der Waals surface area (Å²) in [5, 5.41) is 8.63. The van der Waals surface area contributed by atoms with Crippen LogP contribution in [-0.2, 0) is 17.9 Å². The Balaban J connectivity index is 1.58. The van der Waals surface area contributed by atoms with E-state index < -0.39 is 17.8 Å². The minimum atomic E-state index is -0.739. The summed E-state index contributed by atoms with van der Waals surface area (Å²) in [5.74, 6) is -0.963. The van der Waals surface area contributed by atoms with Crippen molar-refractivity contribution in [2.45, 2.75) is 13.1 Å². The summed E-state index contributed by atoms with van der Waals surface area (Å²) < 4.78 is 13.6. The standard InChI is InChI=1S/C19H18FN3O2S2/c20-16-7-1-2-8-17(16)21-19(25)22-18(24)13-23(11-14-5-3-9-26-14)12-15-6-4-10-27-15/h1-10H,11-13H2,(H2,21,22,24,25)/p+1. The van der Waals surface area contributed by atoms with Crippen molar-refractivity contribution in [1.82, 2.24) is 5.32 Å². The highest BCUT2D eigenvalue weighted by Gasteiger charge is 2.19. The van der Waals surface area contributed by atoms with Crippen molar-refractivity contribution in [3.05, 3.63) is 74.9 Å². The van der Waals surface area contributed by atoms with Crippen LogP contribution in [0.2, 0.25) is 0 Å². The zero-order chi connectivity index (χ0) is 19.1. The fourth-order valence-electron chi connectivity index (χ4n) is 2.62. The Morgan fingerprint density at radius 2 is 1.56 bits per heavy atom. The van der Waals surface area contributed by atoms with E-state index in [4.69, 9.17) is 0 Å². The lowest BCUT2D eigenvalue weighted by Gasteiger charge is -2.17. The molecule has 3 N–H and O–H groups in total. The van der Waals surface area contributed by atoms with Gasteiger partial charge in [0.05, 0.1) is 15.4 Å². The Labute approximate surface area is 164 Å². The van der Waals surface area contributed by atoms with Crippen LogP contribution in [0, 0.1) is 5.82 Å². The highest BCUT2D eigenvalue weighted by Crippen LogP contribution is 2.12. The smallest absolute Gasteiger partial charge is 0.318 e. The molecular formula is C19H19FN3O2S2+. The first-order valence-corrected chi connectivity index (χ1v) is 10.1. The molecule has 1 aromatic carbocycles. The first-order chi connectivity index (χ1) is 13.1. The second kappa shape index (κ2) is 9.40. The fraction of sp³-hybridized carbons (Fsp3) is 0.158. The number of halogens is 1. The fourth-order valence-corrected chi connectivity index (χ4v) is 4.17. The predicted octanol–water partition coefficient (Wildman–Crippen LogP) is 2.88. The van der Waals surface area contributed by atoms with E-state index in [1.165, 1.54) is 28.0 Å². The normalized spacial score (nSPS) is 10.7. The second-order valence-electron chi connectivity index (χ2n) is 5.92. The molecule has 0 aliphatic carbocycles. The SMILES string of the molecule is O=C(C[NH+](Cc1cccs1)Cc1cccs1)NC(=O)Nc1ccccc1F. The van der Waals surface area contributed by atoms with Crippen LogP contribution in [0.25, 0.3) is 0 Å². The zero-order valence-electron chi connectivity index (χ0n) is 14.4. The quantitative estimate of drug-likeness (QED) is 0.567. The zero-order valence-corrected chi connectivity index (χ0v) is 16.0. The third kappa shape index (κ3) is 5.99. The van der Waals surface area contributed by atoms with E-state index in [1.807, 2.05) is 35.0 Å². The van der Waals surface area contributed by atoms with E-state index in [9.17, 15) is 14.0 Å². The molecule has 8 heteroatoms. The maximum atomic E-state index is 13.6. The molecule has 0 bridgehead atoms. The summed E-state index contributed by atoms with van der Waals surface area (Å²) >= 11 is 3.28. The van der Waals surface area contributed by atoms with Gasteiger partial charge >= 0.3 is 6.03 Å². The number of amides is 3. The molecular weight excluding hydrogens is 385 g/mol. The molecule has 0 unspecified atom stereocenters. The van der Waals surface area contributed by atoms with Crippen molar-refractivity contribution < 1.29 is 18.9 Å². The summed E-state index contributed by atoms with van der Waals surface area (Å²) in [6, 6.07) is 13.1. The average Bonchev–Trinajstić information content (AvgIpc) is 3.31. The Hall–Kier alpha value is -2.55. The van der Waals surface area contributed by atoms with E-state index in [1.54, 1.807) is 28.7 Å². The minimum Gasteiger partial charge on any atom is -0.318 e. The summed E-state index contributed by atoms with van der Waals surface area (Å²) in [5.41, 5.74) is 0.0316. The van der Waals surface area contributed by atoms with Crippen LogP contribution in [0.3, 0.4) is 0 Å². The number of carbonyl (C=O) groups excluding carboxylic acids is 2. The number of nitrogens with one attached hydrogen (secondary N) is 3. The van der Waals surface area contributed by atoms with Gasteiger partial charge in [0.15, 0.2) is 6.54 Å². The Morgan fingerprint density at radius 3 is 2.11 bits per heavy atom. The topological polar surface area (TPSA) is 62.6 Å². The number of hydrogen-bond donors (Lipinski definition) is 3. The van der Waals surface area contributed by atoms with Crippen LogP contribution in [0.1, 0.15) is 9.75 Å². The molecule has 0 fully saturated rings. The van der Waals surface area contributed by atoms with E-state index >= 15 is 0 Å². The first kappa shape index (κ1) is 19.2. The number of urea groups is 1. The molecule has 27 heavy (non-hydrogen) atoms. The Kier molecular flexibility index (Phi) is 6.69. The van der Waals surface area contributed by atoms with Crippen molar-refractivity contribution in [2.24, 2.45) is 0 Å². The monoisotopic (exact) mass is 404 g/mol. The van der Waals surface area contributed by atoms with Crippen molar-refractivity contribution in [3.63, 3.8) is 0 Å². The number of thiophene rings is 2. The third-order valence-electron chi connectivity index (χ3n) is 3.79. The van der Waals surface area contributed by atoms with Crippen LogP contribution in [0.15, 0.2) is 59.3 Å². The molecule has 0 saturated carbocycles. The van der Waals surface area contributed by atoms with Crippen LogP contribution in [0.4, 0.5) is 14.9 Å². The third-order valence-corrected chi connectivity index (χ3v) is 5.55. The molecule has 0 spiro atoms. The second-order valence-corrected chi connectivity index (χ2v) is 7.99. The average molecular weight is 405 g/mol. The number of quaternary nitrogens is 1. The number of rotatable bonds is 7. The van der Waals surface area contributed by atoms with Gasteiger partial charge in [0.1, 0.15) is 18.9 Å². The van der Waals surface area contributed by atoms with Gasteiger partial charge in [0.25, 0.3) is 5.91 Å². The van der Waals surface area contributed by atoms with Gasteiger partial charge in [-0.25, -0.2) is 9.18 Å². The summed E-state index contributed by atoms with van der Waals surface area (Å²) in [4.78, 5) is 27.7. The van der Waals surface area contributed by atoms with Gasteiger partial charge < -0.3 is 10.2 Å². The predicted molar refractivity (Wildman–Crippen MR) is 105 cm³/mol. The van der Waals surface area contributed by atoms with Crippen LogP contribution < -0.4 is 15.5 Å². The summed E-state index contributed by atoms with van der Waals surface area (Å²) in [6.07, 6.45) is 0. The summed E-state index contributed by atoms with van der Waals surface area (Å²) in [6.45, 7) is 1.52. The molecule has 0 radical (unpaired) electrons. The molecule has 2 aromatic heterocycles. The molecule has 5 nitrogen and oxygen atoms in total. The number of anilines is 1. The lowest BCUT2D eigenvalue weighted by Crippen LogP contribution is -3.10. The van der Waals surface area contributed by atoms with Gasteiger partial charge in [-0.15, -0.1) is 22.7 Å². The van der Waals surface area contributed by atoms with Gasteiger partial charge in [-0.05, 0) is 35.0 Å². The number of benzene rings is 1. The molecule has 3 rings (SSSR count). The molecule has 0 atom stereocenters. The Bertz CT molecular complexity index is 846. The van der Waals surface area contributed by atoms with Crippen molar-refractivity contribution in [3.8, 4) is 0 Å². The lowest BCUT2D eigenvalue weighted by molar-refractivity contribution is -0.919. The number of imide groups is 1. The molecule has 0 saturated heterocycles. The maximum Gasteiger partial charge on any atom is 0.326 e. The van der Waals surface area contributed by atoms with Crippen LogP contribution >= 0.6 is 22.7 Å². The largest absolute Gasteiger partial charge is 0.326 e. The van der Waals surface area contributed by atoms with Gasteiger partial charge in [-0.3, -0.25) is 10.1 Å². The van der Waals surface area contributed by atoms with Crippen molar-refractivity contribution in [1.29, 1.82) is 0 Å². The van der Waals surface area contributed by atoms with Crippen molar-refractivity contribution >= 4 is 40.3 Å². The van der Waals surface area contributed by atoms with E-state index in [0.717, 1.165) is 4.90 Å². The molecule has 0 aliphatic heterocycles. The molecule has 3 aromatic rings. The first-order valence-electron chi connectivity index (χ1n) is 8.34. The number of para-hydroxylation sites is 1. The van der Waals surface area contributed by atoms with E-state index in [-0.39, 0.29) is 12.2 Å². The van der Waals surface area contributed by atoms with Gasteiger partial charge in [-0.1, -0.05) is 24.3 Å².